The van der Waals surface area contributed by atoms with E-state index in [9.17, 15) is 9.18 Å². The van der Waals surface area contributed by atoms with Crippen molar-refractivity contribution in [3.8, 4) is 11.1 Å². The van der Waals surface area contributed by atoms with Gasteiger partial charge in [0, 0.05) is 12.0 Å². The predicted molar refractivity (Wildman–Crippen MR) is 75.9 cm³/mol. The molecule has 19 heavy (non-hydrogen) atoms. The molecule has 2 rings (SSSR count). The van der Waals surface area contributed by atoms with Crippen molar-refractivity contribution in [3.63, 3.8) is 0 Å². The molecule has 0 amide bonds. The van der Waals surface area contributed by atoms with E-state index >= 15 is 0 Å². The molecule has 0 unspecified atom stereocenters. The third kappa shape index (κ3) is 2.73. The number of aryl methyl sites for hydroxylation is 2. The van der Waals surface area contributed by atoms with Gasteiger partial charge in [-0.25, -0.2) is 4.39 Å². The van der Waals surface area contributed by atoms with Crippen molar-refractivity contribution in [2.45, 2.75) is 27.2 Å². The molecule has 1 nitrogen and oxygen atoms in total. The Morgan fingerprint density at radius 1 is 1.11 bits per heavy atom. The Kier molecular flexibility index (Phi) is 3.79. The maximum atomic E-state index is 13.3. The highest BCUT2D eigenvalue weighted by Crippen LogP contribution is 2.28. The third-order valence-electron chi connectivity index (χ3n) is 3.29. The molecule has 0 spiro atoms. The van der Waals surface area contributed by atoms with Crippen LogP contribution in [0.3, 0.4) is 0 Å². The highest BCUT2D eigenvalue weighted by Gasteiger charge is 2.10. The summed E-state index contributed by atoms with van der Waals surface area (Å²) >= 11 is 0. The summed E-state index contributed by atoms with van der Waals surface area (Å²) in [5.41, 5.74) is 4.46. The first-order chi connectivity index (χ1) is 9.02. The minimum atomic E-state index is -0.223. The van der Waals surface area contributed by atoms with Crippen molar-refractivity contribution in [2.75, 3.05) is 0 Å². The topological polar surface area (TPSA) is 17.1 Å². The summed E-state index contributed by atoms with van der Waals surface area (Å²) in [5, 5.41) is 0. The molecule has 0 aliphatic rings. The third-order valence-corrected chi connectivity index (χ3v) is 3.29. The van der Waals surface area contributed by atoms with E-state index in [-0.39, 0.29) is 11.6 Å². The average molecular weight is 256 g/mol. The van der Waals surface area contributed by atoms with E-state index in [4.69, 9.17) is 0 Å². The highest BCUT2D eigenvalue weighted by atomic mass is 19.1. The number of Topliss-reactive ketones (excluding diaryl/α,β-unsaturated/α-hetero) is 1. The summed E-state index contributed by atoms with van der Waals surface area (Å²) in [4.78, 5) is 11.8. The van der Waals surface area contributed by atoms with E-state index in [1.807, 2.05) is 45.0 Å². The number of halogens is 1. The van der Waals surface area contributed by atoms with Gasteiger partial charge in [-0.3, -0.25) is 4.79 Å². The van der Waals surface area contributed by atoms with Crippen LogP contribution in [0.5, 0.6) is 0 Å². The van der Waals surface area contributed by atoms with E-state index in [0.29, 0.717) is 12.0 Å². The normalized spacial score (nSPS) is 10.5. The molecule has 0 atom stereocenters. The molecule has 2 aromatic rings. The molecular weight excluding hydrogens is 239 g/mol. The van der Waals surface area contributed by atoms with Crippen LogP contribution in [0.15, 0.2) is 36.4 Å². The van der Waals surface area contributed by atoms with Crippen LogP contribution in [-0.2, 0) is 0 Å². The first kappa shape index (κ1) is 13.5. The van der Waals surface area contributed by atoms with E-state index in [1.165, 1.54) is 12.1 Å². The Morgan fingerprint density at radius 2 is 1.74 bits per heavy atom. The Hall–Kier alpha value is -1.96. The summed E-state index contributed by atoms with van der Waals surface area (Å²) in [7, 11) is 0. The standard InChI is InChI=1S/C17H17FO/c1-4-16(19)13-6-5-7-14(10-13)17-11(2)8-15(18)9-12(17)3/h5-10H,4H2,1-3H3. The van der Waals surface area contributed by atoms with Gasteiger partial charge in [-0.05, 0) is 54.3 Å². The lowest BCUT2D eigenvalue weighted by Gasteiger charge is -2.11. The maximum Gasteiger partial charge on any atom is 0.162 e. The second kappa shape index (κ2) is 5.35. The van der Waals surface area contributed by atoms with Crippen molar-refractivity contribution in [1.29, 1.82) is 0 Å². The molecule has 0 saturated carbocycles. The summed E-state index contributed by atoms with van der Waals surface area (Å²) in [5.74, 6) is -0.0983. The molecule has 0 heterocycles. The van der Waals surface area contributed by atoms with Crippen LogP contribution < -0.4 is 0 Å². The van der Waals surface area contributed by atoms with Crippen molar-refractivity contribution >= 4 is 5.78 Å². The minimum absolute atomic E-state index is 0.124. The van der Waals surface area contributed by atoms with Crippen LogP contribution in [0.2, 0.25) is 0 Å². The average Bonchev–Trinajstić information content (AvgIpc) is 2.37. The lowest BCUT2D eigenvalue weighted by atomic mass is 9.93. The van der Waals surface area contributed by atoms with Crippen LogP contribution in [-0.4, -0.2) is 5.78 Å². The highest BCUT2D eigenvalue weighted by molar-refractivity contribution is 5.97. The quantitative estimate of drug-likeness (QED) is 0.727. The largest absolute Gasteiger partial charge is 0.294 e. The zero-order valence-corrected chi connectivity index (χ0v) is 11.5. The second-order valence-electron chi connectivity index (χ2n) is 4.77. The van der Waals surface area contributed by atoms with Crippen LogP contribution in [0.25, 0.3) is 11.1 Å². The summed E-state index contributed by atoms with van der Waals surface area (Å²) < 4.78 is 13.3. The Labute approximate surface area is 113 Å². The van der Waals surface area contributed by atoms with E-state index in [0.717, 1.165) is 22.3 Å². The zero-order valence-electron chi connectivity index (χ0n) is 11.5. The summed E-state index contributed by atoms with van der Waals surface area (Å²) in [6.07, 6.45) is 0.491. The lowest BCUT2D eigenvalue weighted by molar-refractivity contribution is 0.0988. The molecule has 98 valence electrons. The van der Waals surface area contributed by atoms with Gasteiger partial charge in [0.05, 0.1) is 0 Å². The van der Waals surface area contributed by atoms with Gasteiger partial charge in [0.2, 0.25) is 0 Å². The van der Waals surface area contributed by atoms with Crippen LogP contribution in [0.4, 0.5) is 4.39 Å². The molecule has 0 fully saturated rings. The van der Waals surface area contributed by atoms with Crippen LogP contribution in [0.1, 0.15) is 34.8 Å². The predicted octanol–water partition coefficient (Wildman–Crippen LogP) is 4.70. The summed E-state index contributed by atoms with van der Waals surface area (Å²) in [6, 6.07) is 10.6. The van der Waals surface area contributed by atoms with Crippen molar-refractivity contribution < 1.29 is 9.18 Å². The fourth-order valence-electron chi connectivity index (χ4n) is 2.42. The smallest absolute Gasteiger partial charge is 0.162 e. The van der Waals surface area contributed by atoms with Gasteiger partial charge in [-0.15, -0.1) is 0 Å². The first-order valence-corrected chi connectivity index (χ1v) is 6.43. The molecule has 0 saturated heterocycles. The number of rotatable bonds is 3. The minimum Gasteiger partial charge on any atom is -0.294 e. The monoisotopic (exact) mass is 256 g/mol. The van der Waals surface area contributed by atoms with Gasteiger partial charge in [-0.2, -0.15) is 0 Å². The Bertz CT molecular complexity index is 606. The molecule has 0 radical (unpaired) electrons. The fraction of sp³-hybridized carbons (Fsp3) is 0.235. The molecule has 0 N–H and O–H groups in total. The Balaban J connectivity index is 2.57. The molecule has 0 aromatic heterocycles. The SMILES string of the molecule is CCC(=O)c1cccc(-c2c(C)cc(F)cc2C)c1. The van der Waals surface area contributed by atoms with Crippen LogP contribution >= 0.6 is 0 Å². The van der Waals surface area contributed by atoms with Gasteiger partial charge in [-0.1, -0.05) is 25.1 Å². The van der Waals surface area contributed by atoms with Crippen LogP contribution in [0, 0.1) is 19.7 Å². The van der Waals surface area contributed by atoms with Crippen molar-refractivity contribution in [2.24, 2.45) is 0 Å². The Morgan fingerprint density at radius 3 is 2.32 bits per heavy atom. The van der Waals surface area contributed by atoms with E-state index in [1.54, 1.807) is 0 Å². The van der Waals surface area contributed by atoms with E-state index < -0.39 is 0 Å². The maximum absolute atomic E-state index is 13.3. The number of ketones is 1. The number of hydrogen-bond acceptors (Lipinski definition) is 1. The molecule has 2 aromatic carbocycles. The first-order valence-electron chi connectivity index (χ1n) is 6.43. The van der Waals surface area contributed by atoms with Gasteiger partial charge < -0.3 is 0 Å². The number of hydrogen-bond donors (Lipinski definition) is 0. The van der Waals surface area contributed by atoms with E-state index in [2.05, 4.69) is 0 Å². The molecular formula is C17H17FO. The lowest BCUT2D eigenvalue weighted by Crippen LogP contribution is -1.97. The van der Waals surface area contributed by atoms with Crippen molar-refractivity contribution in [3.05, 3.63) is 58.9 Å². The summed E-state index contributed by atoms with van der Waals surface area (Å²) in [6.45, 7) is 5.63. The number of carbonyl (C=O) groups is 1. The van der Waals surface area contributed by atoms with Gasteiger partial charge in [0.25, 0.3) is 0 Å². The van der Waals surface area contributed by atoms with Gasteiger partial charge in [0.1, 0.15) is 5.82 Å². The second-order valence-corrected chi connectivity index (χ2v) is 4.77. The number of benzene rings is 2. The van der Waals surface area contributed by atoms with Gasteiger partial charge in [0.15, 0.2) is 5.78 Å². The molecule has 0 bridgehead atoms. The zero-order chi connectivity index (χ0) is 14.0. The fourth-order valence-corrected chi connectivity index (χ4v) is 2.42. The van der Waals surface area contributed by atoms with Gasteiger partial charge >= 0.3 is 0 Å². The number of carbonyl (C=O) groups excluding carboxylic acids is 1. The molecule has 0 aliphatic carbocycles. The molecule has 0 aliphatic heterocycles. The molecule has 2 heteroatoms. The van der Waals surface area contributed by atoms with Crippen molar-refractivity contribution in [1.82, 2.24) is 0 Å².